The average molecular weight is 475 g/mol. The molecule has 6 rings (SSSR count). The molecule has 8 nitrogen and oxygen atoms in total. The molecule has 0 bridgehead atoms. The van der Waals surface area contributed by atoms with Gasteiger partial charge in [-0.1, -0.05) is 6.07 Å². The lowest BCUT2D eigenvalue weighted by Crippen LogP contribution is -2.36. The van der Waals surface area contributed by atoms with E-state index in [0.717, 1.165) is 82.8 Å². The van der Waals surface area contributed by atoms with Crippen molar-refractivity contribution in [1.29, 1.82) is 0 Å². The lowest BCUT2D eigenvalue weighted by atomic mass is 10.1. The summed E-state index contributed by atoms with van der Waals surface area (Å²) in [6, 6.07) is 10.1. The predicted molar refractivity (Wildman–Crippen MR) is 132 cm³/mol. The molecular formula is C25H26N6O2S. The molecule has 34 heavy (non-hydrogen) atoms. The van der Waals surface area contributed by atoms with Crippen LogP contribution in [-0.4, -0.2) is 43.6 Å². The number of fused-ring (bicyclic) bond motifs is 2. The minimum atomic E-state index is -0.0474. The highest BCUT2D eigenvalue weighted by Gasteiger charge is 2.23. The highest BCUT2D eigenvalue weighted by Crippen LogP contribution is 2.30. The van der Waals surface area contributed by atoms with E-state index in [2.05, 4.69) is 43.9 Å². The molecule has 0 atom stereocenters. The molecule has 0 spiro atoms. The fourth-order valence-corrected chi connectivity index (χ4v) is 5.39. The van der Waals surface area contributed by atoms with Crippen molar-refractivity contribution in [3.63, 3.8) is 0 Å². The van der Waals surface area contributed by atoms with Gasteiger partial charge in [-0.25, -0.2) is 9.97 Å². The molecule has 2 aliphatic heterocycles. The van der Waals surface area contributed by atoms with E-state index in [1.54, 1.807) is 0 Å². The monoisotopic (exact) mass is 474 g/mol. The lowest BCUT2D eigenvalue weighted by Gasteiger charge is -2.27. The van der Waals surface area contributed by atoms with E-state index in [0.29, 0.717) is 18.9 Å². The highest BCUT2D eigenvalue weighted by atomic mass is 32.2. The van der Waals surface area contributed by atoms with Gasteiger partial charge in [0.1, 0.15) is 5.76 Å². The number of imidazole rings is 1. The number of aliphatic imine (C=N–C) groups is 1. The Kier molecular flexibility index (Phi) is 5.58. The molecular weight excluding hydrogens is 448 g/mol. The summed E-state index contributed by atoms with van der Waals surface area (Å²) in [5.41, 5.74) is 5.72. The van der Waals surface area contributed by atoms with Crippen LogP contribution in [0.15, 0.2) is 54.8 Å². The molecule has 9 heteroatoms. The second-order valence-corrected chi connectivity index (χ2v) is 9.96. The Labute approximate surface area is 200 Å². The summed E-state index contributed by atoms with van der Waals surface area (Å²) in [6.07, 6.45) is 3.85. The quantitative estimate of drug-likeness (QED) is 0.449. The minimum Gasteiger partial charge on any atom is -0.453 e. The van der Waals surface area contributed by atoms with Gasteiger partial charge in [-0.2, -0.15) is 0 Å². The van der Waals surface area contributed by atoms with Crippen LogP contribution < -0.4 is 5.56 Å². The number of hydrogen-bond donors (Lipinski definition) is 2. The molecule has 3 aromatic heterocycles. The van der Waals surface area contributed by atoms with Gasteiger partial charge in [0.05, 0.1) is 34.5 Å². The van der Waals surface area contributed by atoms with Crippen molar-refractivity contribution in [3.05, 3.63) is 69.1 Å². The van der Waals surface area contributed by atoms with E-state index in [1.807, 2.05) is 18.2 Å². The lowest BCUT2D eigenvalue weighted by molar-refractivity contribution is 0.217. The number of nitrogens with one attached hydrogen (secondary N) is 2. The number of aromatic amines is 2. The molecule has 0 fully saturated rings. The molecule has 0 saturated carbocycles. The SMILES string of the molecule is Cc1ccc2nc(Sc3ccc(CN4CCc5nc(C6=NCCCC6)[nH]c(=O)c5C4)o3)[nH]c2c1. The molecule has 2 aliphatic rings. The van der Waals surface area contributed by atoms with E-state index < -0.39 is 0 Å². The molecule has 4 aromatic rings. The van der Waals surface area contributed by atoms with Gasteiger partial charge in [0.15, 0.2) is 16.1 Å². The van der Waals surface area contributed by atoms with Crippen molar-refractivity contribution < 1.29 is 4.42 Å². The van der Waals surface area contributed by atoms with Crippen molar-refractivity contribution in [2.24, 2.45) is 4.99 Å². The zero-order valence-electron chi connectivity index (χ0n) is 19.1. The van der Waals surface area contributed by atoms with Crippen LogP contribution in [0, 0.1) is 6.92 Å². The molecule has 0 amide bonds. The molecule has 1 aromatic carbocycles. The minimum absolute atomic E-state index is 0.0474. The number of nitrogens with zero attached hydrogens (tertiary/aromatic N) is 4. The number of furan rings is 1. The van der Waals surface area contributed by atoms with Gasteiger partial charge in [0, 0.05) is 26.1 Å². The van der Waals surface area contributed by atoms with Gasteiger partial charge in [0.25, 0.3) is 5.56 Å². The standard InChI is InChI=1S/C25H26N6O2S/c1-15-5-7-19-21(12-15)29-25(28-19)34-22-8-6-16(33-22)13-31-11-9-18-17(14-31)24(32)30-23(27-18)20-4-2-3-10-26-20/h5-8,12H,2-4,9-11,13-14H2,1H3,(H,28,29)(H,27,30,32). The molecule has 2 N–H and O–H groups in total. The number of aryl methyl sites for hydroxylation is 1. The van der Waals surface area contributed by atoms with Crippen molar-refractivity contribution >= 4 is 28.5 Å². The summed E-state index contributed by atoms with van der Waals surface area (Å²) in [7, 11) is 0. The first-order valence-corrected chi connectivity index (χ1v) is 12.5. The first-order chi connectivity index (χ1) is 16.6. The average Bonchev–Trinajstić information content (AvgIpc) is 3.45. The topological polar surface area (TPSA) is 103 Å². The van der Waals surface area contributed by atoms with Gasteiger partial charge >= 0.3 is 0 Å². The number of rotatable bonds is 5. The Morgan fingerprint density at radius 1 is 1.12 bits per heavy atom. The van der Waals surface area contributed by atoms with Gasteiger partial charge in [0.2, 0.25) is 0 Å². The van der Waals surface area contributed by atoms with Gasteiger partial charge in [-0.15, -0.1) is 0 Å². The molecule has 0 unspecified atom stereocenters. The largest absolute Gasteiger partial charge is 0.453 e. The summed E-state index contributed by atoms with van der Waals surface area (Å²) in [6.45, 7) is 4.94. The maximum atomic E-state index is 12.8. The van der Waals surface area contributed by atoms with Crippen LogP contribution in [0.2, 0.25) is 0 Å². The van der Waals surface area contributed by atoms with E-state index in [1.165, 1.54) is 17.3 Å². The third-order valence-electron chi connectivity index (χ3n) is 6.37. The number of aromatic nitrogens is 4. The summed E-state index contributed by atoms with van der Waals surface area (Å²) >= 11 is 1.48. The highest BCUT2D eigenvalue weighted by molar-refractivity contribution is 7.99. The smallest absolute Gasteiger partial charge is 0.255 e. The van der Waals surface area contributed by atoms with E-state index in [4.69, 9.17) is 9.40 Å². The second-order valence-electron chi connectivity index (χ2n) is 8.97. The predicted octanol–water partition coefficient (Wildman–Crippen LogP) is 4.23. The van der Waals surface area contributed by atoms with Crippen LogP contribution in [0.5, 0.6) is 0 Å². The third kappa shape index (κ3) is 4.33. The van der Waals surface area contributed by atoms with Crippen molar-refractivity contribution in [2.45, 2.75) is 55.9 Å². The van der Waals surface area contributed by atoms with Crippen molar-refractivity contribution in [1.82, 2.24) is 24.8 Å². The number of hydrogen-bond acceptors (Lipinski definition) is 7. The van der Waals surface area contributed by atoms with Crippen molar-refractivity contribution in [3.8, 4) is 0 Å². The first kappa shape index (κ1) is 21.4. The maximum Gasteiger partial charge on any atom is 0.255 e. The maximum absolute atomic E-state index is 12.8. The second kappa shape index (κ2) is 8.88. The van der Waals surface area contributed by atoms with Gasteiger partial charge in [-0.05, 0) is 67.8 Å². The number of H-pyrrole nitrogens is 2. The van der Waals surface area contributed by atoms with E-state index in [9.17, 15) is 4.79 Å². The fraction of sp³-hybridized carbons (Fsp3) is 0.360. The van der Waals surface area contributed by atoms with Crippen LogP contribution in [0.1, 0.15) is 47.7 Å². The Morgan fingerprint density at radius 2 is 2.06 bits per heavy atom. The third-order valence-corrected chi connectivity index (χ3v) is 7.18. The Bertz CT molecular complexity index is 1450. The van der Waals surface area contributed by atoms with E-state index in [-0.39, 0.29) is 5.56 Å². The summed E-state index contributed by atoms with van der Waals surface area (Å²) < 4.78 is 6.07. The molecule has 0 aliphatic carbocycles. The van der Waals surface area contributed by atoms with Crippen LogP contribution >= 0.6 is 11.8 Å². The summed E-state index contributed by atoms with van der Waals surface area (Å²) in [5.74, 6) is 1.53. The summed E-state index contributed by atoms with van der Waals surface area (Å²) in [5, 5.41) is 1.60. The van der Waals surface area contributed by atoms with Crippen LogP contribution in [0.4, 0.5) is 0 Å². The zero-order valence-corrected chi connectivity index (χ0v) is 19.9. The molecule has 174 valence electrons. The molecule has 0 radical (unpaired) electrons. The fourth-order valence-electron chi connectivity index (χ4n) is 4.61. The van der Waals surface area contributed by atoms with Crippen molar-refractivity contribution in [2.75, 3.05) is 13.1 Å². The molecule has 0 saturated heterocycles. The molecule has 5 heterocycles. The Hall–Kier alpha value is -3.17. The Morgan fingerprint density at radius 3 is 2.94 bits per heavy atom. The zero-order chi connectivity index (χ0) is 23.1. The first-order valence-electron chi connectivity index (χ1n) is 11.7. The Balaban J connectivity index is 1.13. The van der Waals surface area contributed by atoms with Crippen LogP contribution in [0.25, 0.3) is 11.0 Å². The van der Waals surface area contributed by atoms with Gasteiger partial charge < -0.3 is 14.4 Å². The van der Waals surface area contributed by atoms with E-state index >= 15 is 0 Å². The van der Waals surface area contributed by atoms with Gasteiger partial charge in [-0.3, -0.25) is 14.7 Å². The number of benzene rings is 1. The summed E-state index contributed by atoms with van der Waals surface area (Å²) in [4.78, 5) is 35.3. The normalized spacial score (nSPS) is 16.6. The van der Waals surface area contributed by atoms with Crippen LogP contribution in [0.3, 0.4) is 0 Å². The van der Waals surface area contributed by atoms with Crippen LogP contribution in [-0.2, 0) is 19.5 Å².